The van der Waals surface area contributed by atoms with E-state index in [1.54, 1.807) is 5.51 Å². The van der Waals surface area contributed by atoms with Crippen LogP contribution in [-0.4, -0.2) is 26.8 Å². The summed E-state index contributed by atoms with van der Waals surface area (Å²) in [4.78, 5) is 19.7. The average Bonchev–Trinajstić information content (AvgIpc) is 2.66. The minimum atomic E-state index is -0.985. The van der Waals surface area contributed by atoms with Gasteiger partial charge in [-0.2, -0.15) is 0 Å². The zero-order valence-corrected chi connectivity index (χ0v) is 9.56. The summed E-state index contributed by atoms with van der Waals surface area (Å²) in [7, 11) is 0. The second-order valence-electron chi connectivity index (χ2n) is 2.74. The Labute approximate surface area is 94.4 Å². The van der Waals surface area contributed by atoms with E-state index in [0.717, 1.165) is 20.9 Å². The molecule has 0 aromatic carbocycles. The molecule has 0 aliphatic carbocycles. The number of fused-ring (bicyclic) bond motifs is 1. The van der Waals surface area contributed by atoms with E-state index >= 15 is 0 Å². The minimum absolute atomic E-state index is 0.124. The van der Waals surface area contributed by atoms with Gasteiger partial charge in [-0.3, -0.25) is 0 Å². The molecule has 6 heteroatoms. The van der Waals surface area contributed by atoms with Gasteiger partial charge in [-0.25, -0.2) is 14.8 Å². The number of thiazole rings is 1. The summed E-state index contributed by atoms with van der Waals surface area (Å²) >= 11 is 2.94. The van der Waals surface area contributed by atoms with Gasteiger partial charge in [0, 0.05) is 0 Å². The van der Waals surface area contributed by atoms with E-state index in [9.17, 15) is 4.79 Å². The maximum absolute atomic E-state index is 11.0. The standard InChI is InChI=1S/C9H8N2O2S2/c1-2-14-8-6(9(12)13)10-3-5-7(8)15-4-11-5/h3-4H,2H2,1H3,(H,12,13). The van der Waals surface area contributed by atoms with Crippen LogP contribution in [0.25, 0.3) is 10.2 Å². The predicted octanol–water partition coefficient (Wildman–Crippen LogP) is 2.50. The molecular weight excluding hydrogens is 232 g/mol. The molecule has 0 aliphatic rings. The Morgan fingerprint density at radius 3 is 3.07 bits per heavy atom. The fraction of sp³-hybridized carbons (Fsp3) is 0.222. The monoisotopic (exact) mass is 240 g/mol. The van der Waals surface area contributed by atoms with Gasteiger partial charge in [0.15, 0.2) is 5.69 Å². The molecule has 78 valence electrons. The quantitative estimate of drug-likeness (QED) is 0.835. The fourth-order valence-corrected chi connectivity index (χ4v) is 3.06. The predicted molar refractivity (Wildman–Crippen MR) is 60.8 cm³/mol. The maximum atomic E-state index is 11.0. The van der Waals surface area contributed by atoms with Crippen molar-refractivity contribution in [2.45, 2.75) is 11.8 Å². The van der Waals surface area contributed by atoms with Crippen LogP contribution in [0.1, 0.15) is 17.4 Å². The lowest BCUT2D eigenvalue weighted by Crippen LogP contribution is -2.02. The number of thioether (sulfide) groups is 1. The highest BCUT2D eigenvalue weighted by molar-refractivity contribution is 7.99. The van der Waals surface area contributed by atoms with Crippen LogP contribution in [-0.2, 0) is 0 Å². The van der Waals surface area contributed by atoms with Crippen LogP contribution in [0.15, 0.2) is 16.6 Å². The first kappa shape index (κ1) is 10.4. The molecule has 0 fully saturated rings. The van der Waals surface area contributed by atoms with Crippen LogP contribution < -0.4 is 0 Å². The summed E-state index contributed by atoms with van der Waals surface area (Å²) in [6, 6.07) is 0. The Morgan fingerprint density at radius 1 is 1.60 bits per heavy atom. The lowest BCUT2D eigenvalue weighted by molar-refractivity contribution is 0.0687. The topological polar surface area (TPSA) is 63.1 Å². The molecule has 0 spiro atoms. The molecule has 2 heterocycles. The number of hydrogen-bond acceptors (Lipinski definition) is 5. The van der Waals surface area contributed by atoms with Crippen molar-refractivity contribution in [3.05, 3.63) is 17.4 Å². The molecule has 2 aromatic rings. The Balaban J connectivity index is 2.69. The van der Waals surface area contributed by atoms with Gasteiger partial charge in [-0.15, -0.1) is 23.1 Å². The number of carbonyl (C=O) groups is 1. The third-order valence-corrected chi connectivity index (χ3v) is 3.79. The lowest BCUT2D eigenvalue weighted by atomic mass is 10.3. The highest BCUT2D eigenvalue weighted by Crippen LogP contribution is 2.32. The van der Waals surface area contributed by atoms with Crippen molar-refractivity contribution >= 4 is 39.3 Å². The van der Waals surface area contributed by atoms with Crippen LogP contribution in [0.2, 0.25) is 0 Å². The van der Waals surface area contributed by atoms with Crippen molar-refractivity contribution in [1.82, 2.24) is 9.97 Å². The second kappa shape index (κ2) is 4.16. The molecule has 0 amide bonds. The van der Waals surface area contributed by atoms with Crippen LogP contribution in [0.5, 0.6) is 0 Å². The number of carboxylic acids is 1. The first-order chi connectivity index (χ1) is 7.24. The number of aromatic carboxylic acids is 1. The Hall–Kier alpha value is -1.14. The van der Waals surface area contributed by atoms with Crippen LogP contribution in [0.4, 0.5) is 0 Å². The Bertz CT molecular complexity index is 510. The highest BCUT2D eigenvalue weighted by atomic mass is 32.2. The number of hydrogen-bond donors (Lipinski definition) is 1. The van der Waals surface area contributed by atoms with E-state index in [0.29, 0.717) is 0 Å². The van der Waals surface area contributed by atoms with E-state index in [1.165, 1.54) is 29.3 Å². The van der Waals surface area contributed by atoms with E-state index in [4.69, 9.17) is 5.11 Å². The molecule has 0 atom stereocenters. The summed E-state index contributed by atoms with van der Waals surface area (Å²) < 4.78 is 0.911. The van der Waals surface area contributed by atoms with E-state index in [1.807, 2.05) is 6.92 Å². The van der Waals surface area contributed by atoms with Crippen molar-refractivity contribution in [3.8, 4) is 0 Å². The van der Waals surface area contributed by atoms with E-state index < -0.39 is 5.97 Å². The normalized spacial score (nSPS) is 10.7. The van der Waals surface area contributed by atoms with Crippen molar-refractivity contribution in [2.75, 3.05) is 5.75 Å². The molecule has 0 saturated heterocycles. The summed E-state index contributed by atoms with van der Waals surface area (Å²) in [5.74, 6) is -0.167. The van der Waals surface area contributed by atoms with Gasteiger partial charge in [0.2, 0.25) is 0 Å². The zero-order valence-electron chi connectivity index (χ0n) is 7.93. The molecular formula is C9H8N2O2S2. The number of nitrogens with zero attached hydrogens (tertiary/aromatic N) is 2. The highest BCUT2D eigenvalue weighted by Gasteiger charge is 2.16. The third-order valence-electron chi connectivity index (χ3n) is 1.82. The molecule has 15 heavy (non-hydrogen) atoms. The van der Waals surface area contributed by atoms with Crippen LogP contribution >= 0.6 is 23.1 Å². The number of carboxylic acid groups (broad SMARTS) is 1. The van der Waals surface area contributed by atoms with Crippen molar-refractivity contribution in [2.24, 2.45) is 0 Å². The zero-order chi connectivity index (χ0) is 10.8. The first-order valence-electron chi connectivity index (χ1n) is 4.32. The third kappa shape index (κ3) is 1.82. The molecule has 0 aliphatic heterocycles. The van der Waals surface area contributed by atoms with Gasteiger partial charge < -0.3 is 5.11 Å². The fourth-order valence-electron chi connectivity index (χ4n) is 1.24. The Morgan fingerprint density at radius 2 is 2.40 bits per heavy atom. The summed E-state index contributed by atoms with van der Waals surface area (Å²) in [5, 5.41) is 9.00. The van der Waals surface area contributed by atoms with E-state index in [-0.39, 0.29) is 5.69 Å². The molecule has 0 unspecified atom stereocenters. The second-order valence-corrected chi connectivity index (χ2v) is 4.87. The molecule has 1 N–H and O–H groups in total. The van der Waals surface area contributed by atoms with Crippen LogP contribution in [0, 0.1) is 0 Å². The summed E-state index contributed by atoms with van der Waals surface area (Å²) in [6.45, 7) is 1.98. The summed E-state index contributed by atoms with van der Waals surface area (Å²) in [5.41, 5.74) is 2.59. The molecule has 0 bridgehead atoms. The van der Waals surface area contributed by atoms with Gasteiger partial charge in [0.05, 0.1) is 21.3 Å². The summed E-state index contributed by atoms with van der Waals surface area (Å²) in [6.07, 6.45) is 1.51. The first-order valence-corrected chi connectivity index (χ1v) is 6.19. The van der Waals surface area contributed by atoms with Gasteiger partial charge in [-0.05, 0) is 5.75 Å². The Kier molecular flexibility index (Phi) is 2.88. The minimum Gasteiger partial charge on any atom is -0.476 e. The van der Waals surface area contributed by atoms with Crippen molar-refractivity contribution in [3.63, 3.8) is 0 Å². The smallest absolute Gasteiger partial charge is 0.355 e. The molecule has 0 saturated carbocycles. The van der Waals surface area contributed by atoms with Crippen molar-refractivity contribution < 1.29 is 9.90 Å². The number of aromatic nitrogens is 2. The van der Waals surface area contributed by atoms with Gasteiger partial charge >= 0.3 is 5.97 Å². The van der Waals surface area contributed by atoms with E-state index in [2.05, 4.69) is 9.97 Å². The molecule has 0 radical (unpaired) electrons. The van der Waals surface area contributed by atoms with Crippen molar-refractivity contribution in [1.29, 1.82) is 0 Å². The SMILES string of the molecule is CCSc1c(C(=O)O)ncc2ncsc12. The van der Waals surface area contributed by atoms with Gasteiger partial charge in [-0.1, -0.05) is 6.92 Å². The maximum Gasteiger partial charge on any atom is 0.355 e. The van der Waals surface area contributed by atoms with Gasteiger partial charge in [0.25, 0.3) is 0 Å². The lowest BCUT2D eigenvalue weighted by Gasteiger charge is -2.03. The molecule has 4 nitrogen and oxygen atoms in total. The number of rotatable bonds is 3. The van der Waals surface area contributed by atoms with Gasteiger partial charge in [0.1, 0.15) is 5.52 Å². The number of pyridine rings is 1. The molecule has 2 aromatic heterocycles. The molecule has 2 rings (SSSR count). The average molecular weight is 240 g/mol. The van der Waals surface area contributed by atoms with Crippen LogP contribution in [0.3, 0.4) is 0 Å². The largest absolute Gasteiger partial charge is 0.476 e.